The minimum atomic E-state index is -4.37. The molecule has 0 saturated heterocycles. The van der Waals surface area contributed by atoms with Crippen LogP contribution in [0.4, 0.5) is 13.2 Å². The van der Waals surface area contributed by atoms with Gasteiger partial charge in [-0.15, -0.1) is 13.2 Å². The highest BCUT2D eigenvalue weighted by molar-refractivity contribution is 9.09. The SMILES string of the molecule is CN1N=CN(C(F)(F)F)C1Br. The summed E-state index contributed by atoms with van der Waals surface area (Å²) in [6.45, 7) is 0. The molecule has 1 rings (SSSR count). The molecule has 0 aromatic rings. The van der Waals surface area contributed by atoms with Gasteiger partial charge in [-0.3, -0.25) is 5.01 Å². The molecule has 1 aliphatic heterocycles. The van der Waals surface area contributed by atoms with Gasteiger partial charge in [0.1, 0.15) is 6.34 Å². The molecule has 0 aromatic carbocycles. The van der Waals surface area contributed by atoms with Gasteiger partial charge >= 0.3 is 6.30 Å². The third-order valence-electron chi connectivity index (χ3n) is 1.19. The molecule has 1 aliphatic rings. The van der Waals surface area contributed by atoms with E-state index in [1.165, 1.54) is 7.05 Å². The number of rotatable bonds is 0. The van der Waals surface area contributed by atoms with Crippen molar-refractivity contribution in [1.82, 2.24) is 9.91 Å². The summed E-state index contributed by atoms with van der Waals surface area (Å²) < 4.78 is 35.9. The zero-order valence-corrected chi connectivity index (χ0v) is 7.09. The monoisotopic (exact) mass is 231 g/mol. The molecular formula is C4H5BrF3N3. The molecule has 1 heterocycles. The standard InChI is InChI=1S/C4H5BrF3N3/c1-10-3(5)11(2-9-10)4(6,7)8/h2-3H,1H3. The summed E-state index contributed by atoms with van der Waals surface area (Å²) in [7, 11) is 1.45. The molecule has 11 heavy (non-hydrogen) atoms. The van der Waals surface area contributed by atoms with Gasteiger partial charge in [-0.25, -0.2) is 4.90 Å². The summed E-state index contributed by atoms with van der Waals surface area (Å²) in [5, 5.41) is 3.66. The van der Waals surface area contributed by atoms with Crippen LogP contribution >= 0.6 is 15.9 Å². The van der Waals surface area contributed by atoms with E-state index in [1.54, 1.807) is 0 Å². The van der Waals surface area contributed by atoms with E-state index in [1.807, 2.05) is 0 Å². The summed E-state index contributed by atoms with van der Waals surface area (Å²) in [5.41, 5.74) is 0. The fourth-order valence-electron chi connectivity index (χ4n) is 0.613. The molecule has 0 aliphatic carbocycles. The number of hydrogen-bond acceptors (Lipinski definition) is 3. The fraction of sp³-hybridized carbons (Fsp3) is 0.750. The van der Waals surface area contributed by atoms with Crippen LogP contribution in [0.15, 0.2) is 5.10 Å². The van der Waals surface area contributed by atoms with Crippen molar-refractivity contribution in [3.8, 4) is 0 Å². The smallest absolute Gasteiger partial charge is 0.266 e. The lowest BCUT2D eigenvalue weighted by Gasteiger charge is -2.24. The van der Waals surface area contributed by atoms with Gasteiger partial charge in [-0.05, 0) is 15.9 Å². The molecule has 0 fully saturated rings. The lowest BCUT2D eigenvalue weighted by molar-refractivity contribution is -0.222. The van der Waals surface area contributed by atoms with E-state index in [0.29, 0.717) is 0 Å². The van der Waals surface area contributed by atoms with E-state index in [-0.39, 0.29) is 4.90 Å². The molecule has 64 valence electrons. The van der Waals surface area contributed by atoms with Crippen LogP contribution in [0.5, 0.6) is 0 Å². The van der Waals surface area contributed by atoms with Gasteiger partial charge in [-0.2, -0.15) is 5.10 Å². The first-order valence-electron chi connectivity index (χ1n) is 2.69. The van der Waals surface area contributed by atoms with Crippen LogP contribution in [0.2, 0.25) is 0 Å². The van der Waals surface area contributed by atoms with Crippen LogP contribution in [0.3, 0.4) is 0 Å². The van der Waals surface area contributed by atoms with Crippen molar-refractivity contribution in [3.05, 3.63) is 0 Å². The van der Waals surface area contributed by atoms with Gasteiger partial charge in [0.25, 0.3) is 0 Å². The van der Waals surface area contributed by atoms with Gasteiger partial charge in [-0.1, -0.05) is 0 Å². The summed E-state index contributed by atoms with van der Waals surface area (Å²) >= 11 is 2.81. The Morgan fingerprint density at radius 2 is 2.09 bits per heavy atom. The maximum atomic E-state index is 12.0. The molecule has 7 heteroatoms. The second-order valence-electron chi connectivity index (χ2n) is 1.99. The van der Waals surface area contributed by atoms with E-state index in [4.69, 9.17) is 0 Å². The second kappa shape index (κ2) is 2.54. The third-order valence-corrected chi connectivity index (χ3v) is 2.22. The molecule has 3 nitrogen and oxygen atoms in total. The van der Waals surface area contributed by atoms with Crippen LogP contribution < -0.4 is 0 Å². The molecule has 0 aromatic heterocycles. The van der Waals surface area contributed by atoms with E-state index in [9.17, 15) is 13.2 Å². The largest absolute Gasteiger partial charge is 0.488 e. The average Bonchev–Trinajstić information content (AvgIpc) is 2.11. The quantitative estimate of drug-likeness (QED) is 0.464. The number of nitrogens with zero attached hydrogens (tertiary/aromatic N) is 3. The Hall–Kier alpha value is -0.460. The Bertz CT molecular complexity index is 180. The molecule has 0 radical (unpaired) electrons. The van der Waals surface area contributed by atoms with Crippen molar-refractivity contribution < 1.29 is 13.2 Å². The second-order valence-corrected chi connectivity index (χ2v) is 2.81. The van der Waals surface area contributed by atoms with Gasteiger partial charge in [0.05, 0.1) is 0 Å². The van der Waals surface area contributed by atoms with Gasteiger partial charge in [0, 0.05) is 7.05 Å². The lowest BCUT2D eigenvalue weighted by atomic mass is 10.8. The fourth-order valence-corrected chi connectivity index (χ4v) is 1.06. The highest BCUT2D eigenvalue weighted by Crippen LogP contribution is 2.28. The normalized spacial score (nSPS) is 25.0. The first-order chi connectivity index (χ1) is 4.93. The summed E-state index contributed by atoms with van der Waals surface area (Å²) in [6.07, 6.45) is -3.64. The summed E-state index contributed by atoms with van der Waals surface area (Å²) in [4.78, 5) is 0.160. The van der Waals surface area contributed by atoms with E-state index in [2.05, 4.69) is 21.0 Å². The first kappa shape index (κ1) is 8.63. The van der Waals surface area contributed by atoms with Crippen LogP contribution in [-0.4, -0.2) is 34.7 Å². The Labute approximate surface area is 69.6 Å². The minimum Gasteiger partial charge on any atom is -0.266 e. The molecule has 0 spiro atoms. The highest BCUT2D eigenvalue weighted by Gasteiger charge is 2.43. The van der Waals surface area contributed by atoms with Crippen molar-refractivity contribution in [3.63, 3.8) is 0 Å². The predicted molar refractivity (Wildman–Crippen MR) is 36.9 cm³/mol. The first-order valence-corrected chi connectivity index (χ1v) is 3.60. The van der Waals surface area contributed by atoms with Crippen LogP contribution in [-0.2, 0) is 0 Å². The number of hydrazone groups is 1. The number of alkyl halides is 4. The Morgan fingerprint density at radius 1 is 1.55 bits per heavy atom. The van der Waals surface area contributed by atoms with E-state index < -0.39 is 11.4 Å². The molecule has 0 bridgehead atoms. The Balaban J connectivity index is 2.70. The van der Waals surface area contributed by atoms with Crippen molar-refractivity contribution in [2.75, 3.05) is 7.05 Å². The zero-order valence-electron chi connectivity index (χ0n) is 5.51. The average molecular weight is 232 g/mol. The van der Waals surface area contributed by atoms with Gasteiger partial charge in [0.2, 0.25) is 0 Å². The van der Waals surface area contributed by atoms with Crippen molar-refractivity contribution in [1.29, 1.82) is 0 Å². The van der Waals surface area contributed by atoms with Crippen molar-refractivity contribution in [2.24, 2.45) is 5.10 Å². The predicted octanol–water partition coefficient (Wildman–Crippen LogP) is 1.38. The Kier molecular flexibility index (Phi) is 2.00. The van der Waals surface area contributed by atoms with Crippen molar-refractivity contribution >= 4 is 22.3 Å². The minimum absolute atomic E-state index is 0.160. The zero-order chi connectivity index (χ0) is 8.65. The van der Waals surface area contributed by atoms with Gasteiger partial charge in [0.15, 0.2) is 5.08 Å². The van der Waals surface area contributed by atoms with Crippen LogP contribution in [0, 0.1) is 0 Å². The molecule has 0 N–H and O–H groups in total. The molecule has 1 unspecified atom stereocenters. The highest BCUT2D eigenvalue weighted by atomic mass is 79.9. The summed E-state index contributed by atoms with van der Waals surface area (Å²) in [6, 6.07) is 0. The van der Waals surface area contributed by atoms with Crippen molar-refractivity contribution in [2.45, 2.75) is 11.4 Å². The molecular weight excluding hydrogens is 227 g/mol. The maximum absolute atomic E-state index is 12.0. The maximum Gasteiger partial charge on any atom is 0.488 e. The van der Waals surface area contributed by atoms with Gasteiger partial charge < -0.3 is 0 Å². The molecule has 0 saturated carbocycles. The third kappa shape index (κ3) is 1.58. The lowest BCUT2D eigenvalue weighted by Crippen LogP contribution is -2.42. The Morgan fingerprint density at radius 3 is 2.27 bits per heavy atom. The molecule has 1 atom stereocenters. The summed E-state index contributed by atoms with van der Waals surface area (Å²) in [5.74, 6) is 0. The number of hydrogen-bond donors (Lipinski definition) is 0. The van der Waals surface area contributed by atoms with Crippen LogP contribution in [0.1, 0.15) is 0 Å². The number of halogens is 4. The topological polar surface area (TPSA) is 18.8 Å². The van der Waals surface area contributed by atoms with E-state index >= 15 is 0 Å². The van der Waals surface area contributed by atoms with E-state index in [0.717, 1.165) is 11.3 Å². The van der Waals surface area contributed by atoms with Crippen LogP contribution in [0.25, 0.3) is 0 Å². The molecule has 0 amide bonds.